The second kappa shape index (κ2) is 21.2. The number of carbonyl (C=O) groups is 2. The first-order chi connectivity index (χ1) is 15.0. The predicted molar refractivity (Wildman–Crippen MR) is 130 cm³/mol. The molecule has 0 spiro atoms. The molecule has 0 amide bonds. The van der Waals surface area contributed by atoms with Crippen molar-refractivity contribution >= 4 is 33.1 Å². The summed E-state index contributed by atoms with van der Waals surface area (Å²) in [5.74, 6) is -4.59. The van der Waals surface area contributed by atoms with Crippen LogP contribution >= 0.6 is 0 Å². The van der Waals surface area contributed by atoms with E-state index in [1.54, 1.807) is 0 Å². The Morgan fingerprint density at radius 2 is 1.16 bits per heavy atom. The number of unbranched alkanes of at least 4 members (excludes halogenated alkanes) is 10. The summed E-state index contributed by atoms with van der Waals surface area (Å²) in [6.45, 7) is 13.6. The van der Waals surface area contributed by atoms with Crippen molar-refractivity contribution in [1.29, 1.82) is 0 Å². The van der Waals surface area contributed by atoms with Crippen LogP contribution in [0.3, 0.4) is 0 Å². The molecule has 1 N–H and O–H groups in total. The van der Waals surface area contributed by atoms with E-state index in [0.29, 0.717) is 12.8 Å². The number of hydrogen-bond donors (Lipinski definition) is 1. The Morgan fingerprint density at radius 3 is 1.50 bits per heavy atom. The third-order valence-electron chi connectivity index (χ3n) is 5.64. The molecular formula is C26H50O5Sn. The molecule has 0 bridgehead atoms. The van der Waals surface area contributed by atoms with Gasteiger partial charge in [0.2, 0.25) is 0 Å². The second-order valence-electron chi connectivity index (χ2n) is 9.63. The van der Waals surface area contributed by atoms with Crippen molar-refractivity contribution in [2.24, 2.45) is 5.92 Å². The molecule has 2 unspecified atom stereocenters. The Balaban J connectivity index is 0. The van der Waals surface area contributed by atoms with Crippen molar-refractivity contribution in [3.05, 3.63) is 0 Å². The van der Waals surface area contributed by atoms with Crippen molar-refractivity contribution in [3.8, 4) is 0 Å². The van der Waals surface area contributed by atoms with E-state index in [-0.39, 0.29) is 34.0 Å². The van der Waals surface area contributed by atoms with Gasteiger partial charge in [0.15, 0.2) is 0 Å². The molecule has 0 aliphatic carbocycles. The number of aliphatic carboxylic acids is 2. The molecule has 0 aliphatic heterocycles. The predicted octanol–water partition coefficient (Wildman–Crippen LogP) is 4.68. The Kier molecular flexibility index (Phi) is 22.5. The molecule has 0 aliphatic rings. The summed E-state index contributed by atoms with van der Waals surface area (Å²) >= 11 is 0.0389. The molecule has 0 aromatic heterocycles. The summed E-state index contributed by atoms with van der Waals surface area (Å²) in [5, 5.41) is 33.4. The van der Waals surface area contributed by atoms with Crippen LogP contribution in [0.15, 0.2) is 0 Å². The molecular weight excluding hydrogens is 511 g/mol. The Morgan fingerprint density at radius 1 is 0.750 bits per heavy atom. The molecule has 6 heteroatoms. The molecule has 2 atom stereocenters. The standard InChI is InChI=1S/C20H38O5.2C3H7.Sn/c1-3-5-7-9-11-13-15-17(18(21)22)20(25,19(23)24)16-14-12-10-8-6-4-2;2*1-3-2;/h17,25H,3-16H2,1-2H3,(H,21,22)(H,23,24);2*3H,1-2H3;/q;;;+2/p-2. The van der Waals surface area contributed by atoms with Crippen LogP contribution in [-0.4, -0.2) is 43.8 Å². The number of hydrogen-bond acceptors (Lipinski definition) is 5. The fourth-order valence-corrected chi connectivity index (χ4v) is 7.75. The number of rotatable bonds is 19. The number of carboxylic acids is 2. The number of carbonyl (C=O) groups excluding carboxylic acids is 2. The van der Waals surface area contributed by atoms with E-state index in [9.17, 15) is 24.9 Å². The number of carboxylic acid groups (broad SMARTS) is 2. The molecule has 0 saturated heterocycles. The minimum absolute atomic E-state index is 0.0389. The fourth-order valence-electron chi connectivity index (χ4n) is 3.94. The summed E-state index contributed by atoms with van der Waals surface area (Å²) < 4.78 is 2.09. The molecule has 0 fully saturated rings. The summed E-state index contributed by atoms with van der Waals surface area (Å²) in [6, 6.07) is 0. The zero-order valence-electron chi connectivity index (χ0n) is 21.7. The molecule has 5 nitrogen and oxygen atoms in total. The molecule has 0 aromatic rings. The molecule has 0 saturated carbocycles. The molecule has 0 aromatic carbocycles. The summed E-state index contributed by atoms with van der Waals surface area (Å²) in [7, 11) is 0. The molecule has 32 heavy (non-hydrogen) atoms. The van der Waals surface area contributed by atoms with Gasteiger partial charge in [-0.2, -0.15) is 0 Å². The normalized spacial score (nSPS) is 13.8. The van der Waals surface area contributed by atoms with Gasteiger partial charge in [-0.3, -0.25) is 0 Å². The van der Waals surface area contributed by atoms with Gasteiger partial charge in [0.05, 0.1) is 5.97 Å². The zero-order valence-corrected chi connectivity index (χ0v) is 24.6. The van der Waals surface area contributed by atoms with Crippen LogP contribution in [0, 0.1) is 5.92 Å². The average Bonchev–Trinajstić information content (AvgIpc) is 2.68. The Labute approximate surface area is 208 Å². The topological polar surface area (TPSA) is 100 Å². The quantitative estimate of drug-likeness (QED) is 0.182. The van der Waals surface area contributed by atoms with Crippen molar-refractivity contribution in [2.45, 2.75) is 145 Å². The van der Waals surface area contributed by atoms with Crippen molar-refractivity contribution in [1.82, 2.24) is 0 Å². The van der Waals surface area contributed by atoms with Crippen LogP contribution < -0.4 is 10.2 Å². The van der Waals surface area contributed by atoms with Crippen LogP contribution in [0.25, 0.3) is 0 Å². The summed E-state index contributed by atoms with van der Waals surface area (Å²) in [6.07, 6.45) is 11.4. The van der Waals surface area contributed by atoms with Crippen molar-refractivity contribution in [3.63, 3.8) is 0 Å². The van der Waals surface area contributed by atoms with E-state index in [0.717, 1.165) is 72.1 Å². The summed E-state index contributed by atoms with van der Waals surface area (Å²) in [4.78, 5) is 22.9. The van der Waals surface area contributed by atoms with Crippen molar-refractivity contribution < 1.29 is 24.9 Å². The Hall–Kier alpha value is -0.301. The molecule has 0 heterocycles. The van der Waals surface area contributed by atoms with Crippen LogP contribution in [0.1, 0.15) is 131 Å². The average molecular weight is 561 g/mol. The Bertz CT molecular complexity index is 461. The summed E-state index contributed by atoms with van der Waals surface area (Å²) in [5.41, 5.74) is -2.33. The van der Waals surface area contributed by atoms with E-state index in [2.05, 4.69) is 41.5 Å². The monoisotopic (exact) mass is 562 g/mol. The first-order valence-corrected chi connectivity index (χ1v) is 16.2. The van der Waals surface area contributed by atoms with Gasteiger partial charge in [-0.05, 0) is 12.8 Å². The molecule has 188 valence electrons. The van der Waals surface area contributed by atoms with E-state index in [1.165, 1.54) is 0 Å². The SMILES string of the molecule is CCCCCCCCC(C(=O)[O-])C(O)(CCCCCCCC)C(=O)[O-].C[CH](C)[Sn+2][CH](C)C. The van der Waals surface area contributed by atoms with Gasteiger partial charge in [0.1, 0.15) is 5.60 Å². The molecule has 0 radical (unpaired) electrons. The maximum absolute atomic E-state index is 11.5. The van der Waals surface area contributed by atoms with Crippen LogP contribution in [-0.2, 0) is 9.59 Å². The van der Waals surface area contributed by atoms with Gasteiger partial charge >= 0.3 is 56.7 Å². The van der Waals surface area contributed by atoms with Gasteiger partial charge < -0.3 is 24.9 Å². The van der Waals surface area contributed by atoms with Crippen LogP contribution in [0.5, 0.6) is 0 Å². The minimum atomic E-state index is -2.33. The van der Waals surface area contributed by atoms with E-state index in [4.69, 9.17) is 0 Å². The van der Waals surface area contributed by atoms with Gasteiger partial charge in [0.25, 0.3) is 0 Å². The third kappa shape index (κ3) is 18.2. The second-order valence-corrected chi connectivity index (χ2v) is 17.2. The first-order valence-electron chi connectivity index (χ1n) is 12.9. The van der Waals surface area contributed by atoms with E-state index in [1.807, 2.05) is 0 Å². The van der Waals surface area contributed by atoms with Crippen molar-refractivity contribution in [2.75, 3.05) is 0 Å². The zero-order chi connectivity index (χ0) is 25.0. The third-order valence-corrected chi connectivity index (χ3v) is 9.44. The van der Waals surface area contributed by atoms with Crippen LogP contribution in [0.4, 0.5) is 0 Å². The van der Waals surface area contributed by atoms with Gasteiger partial charge in [0, 0.05) is 11.9 Å². The number of aliphatic hydroxyl groups is 1. The first kappa shape index (κ1) is 33.9. The maximum atomic E-state index is 11.5. The van der Waals surface area contributed by atoms with Gasteiger partial charge in [-0.1, -0.05) is 90.9 Å². The van der Waals surface area contributed by atoms with E-state index < -0.39 is 23.5 Å². The van der Waals surface area contributed by atoms with Gasteiger partial charge in [-0.25, -0.2) is 0 Å². The molecule has 0 rings (SSSR count). The fraction of sp³-hybridized carbons (Fsp3) is 0.923. The van der Waals surface area contributed by atoms with Crippen LogP contribution in [0.2, 0.25) is 7.87 Å². The van der Waals surface area contributed by atoms with Gasteiger partial charge in [-0.15, -0.1) is 0 Å². The van der Waals surface area contributed by atoms with E-state index >= 15 is 0 Å².